The molecule has 0 fully saturated rings. The molecular weight excluding hydrogens is 268 g/mol. The van der Waals surface area contributed by atoms with Crippen molar-refractivity contribution in [3.8, 4) is 0 Å². The second kappa shape index (κ2) is 6.30. The van der Waals surface area contributed by atoms with Crippen LogP contribution in [-0.2, 0) is 9.53 Å². The minimum absolute atomic E-state index is 0.126. The van der Waals surface area contributed by atoms with Gasteiger partial charge in [-0.2, -0.15) is 0 Å². The van der Waals surface area contributed by atoms with E-state index in [1.165, 1.54) is 18.6 Å². The number of nitrogens with zero attached hydrogens (tertiary/aromatic N) is 2. The van der Waals surface area contributed by atoms with Gasteiger partial charge in [0.1, 0.15) is 6.10 Å². The maximum Gasteiger partial charge on any atom is 0.230 e. The third-order valence-electron chi connectivity index (χ3n) is 2.52. The molecular formula is C15H24N4O2. The van der Waals surface area contributed by atoms with Crippen LogP contribution >= 0.6 is 0 Å². The largest absolute Gasteiger partial charge is 0.361 e. The number of hydrogen-bond acceptors (Lipinski definition) is 5. The van der Waals surface area contributed by atoms with Crippen LogP contribution in [0, 0.1) is 10.8 Å². The van der Waals surface area contributed by atoms with Crippen molar-refractivity contribution in [3.05, 3.63) is 18.1 Å². The highest BCUT2D eigenvalue weighted by Gasteiger charge is 2.23. The lowest BCUT2D eigenvalue weighted by Crippen LogP contribution is -2.28. The Balaban J connectivity index is 2.82. The highest BCUT2D eigenvalue weighted by Crippen LogP contribution is 2.21. The molecule has 1 atom stereocenters. The Kier molecular flexibility index (Phi) is 5.17. The van der Waals surface area contributed by atoms with Crippen molar-refractivity contribution in [2.24, 2.45) is 5.41 Å². The molecule has 0 aliphatic carbocycles. The molecule has 0 spiro atoms. The van der Waals surface area contributed by atoms with Gasteiger partial charge in [0, 0.05) is 11.6 Å². The van der Waals surface area contributed by atoms with E-state index in [0.29, 0.717) is 11.5 Å². The molecule has 1 amide bonds. The van der Waals surface area contributed by atoms with Crippen LogP contribution in [0.15, 0.2) is 12.4 Å². The summed E-state index contributed by atoms with van der Waals surface area (Å²) in [5.41, 5.74) is -0.343. The Morgan fingerprint density at radius 3 is 2.24 bits per heavy atom. The topological polar surface area (TPSA) is 88.0 Å². The van der Waals surface area contributed by atoms with E-state index >= 15 is 0 Å². The normalized spacial score (nSPS) is 13.6. The fourth-order valence-corrected chi connectivity index (χ4v) is 1.41. The second-order valence-electron chi connectivity index (χ2n) is 6.85. The molecule has 0 aliphatic heterocycles. The molecule has 0 aromatic carbocycles. The molecule has 0 bridgehead atoms. The zero-order chi connectivity index (χ0) is 16.3. The van der Waals surface area contributed by atoms with Gasteiger partial charge in [-0.3, -0.25) is 9.78 Å². The van der Waals surface area contributed by atoms with Gasteiger partial charge in [0.25, 0.3) is 0 Å². The summed E-state index contributed by atoms with van der Waals surface area (Å²) in [6.07, 6.45) is 3.62. The number of carbonyl (C=O) groups excluding carboxylic acids is 1. The van der Waals surface area contributed by atoms with E-state index in [1.807, 2.05) is 41.5 Å². The van der Waals surface area contributed by atoms with Crippen LogP contribution in [0.1, 0.15) is 53.3 Å². The summed E-state index contributed by atoms with van der Waals surface area (Å²) in [6, 6.07) is 0. The first kappa shape index (κ1) is 17.2. The van der Waals surface area contributed by atoms with E-state index in [1.54, 1.807) is 0 Å². The lowest BCUT2D eigenvalue weighted by atomic mass is 9.96. The number of rotatable bonds is 4. The van der Waals surface area contributed by atoms with Crippen LogP contribution in [0.2, 0.25) is 0 Å². The highest BCUT2D eigenvalue weighted by atomic mass is 16.5. The van der Waals surface area contributed by atoms with Crippen LogP contribution in [-0.4, -0.2) is 27.7 Å². The van der Waals surface area contributed by atoms with Gasteiger partial charge in [0.2, 0.25) is 5.91 Å². The van der Waals surface area contributed by atoms with Crippen LogP contribution < -0.4 is 5.32 Å². The quantitative estimate of drug-likeness (QED) is 0.835. The molecule has 6 nitrogen and oxygen atoms in total. The first-order valence-electron chi connectivity index (χ1n) is 6.85. The zero-order valence-electron chi connectivity index (χ0n) is 13.5. The minimum Gasteiger partial charge on any atom is -0.361 e. The number of aromatic nitrogens is 2. The molecule has 6 heteroatoms. The molecule has 116 valence electrons. The molecule has 1 aromatic rings. The third-order valence-corrected chi connectivity index (χ3v) is 2.52. The lowest BCUT2D eigenvalue weighted by molar-refractivity contribution is -0.123. The van der Waals surface area contributed by atoms with Crippen LogP contribution in [0.5, 0.6) is 0 Å². The van der Waals surface area contributed by atoms with Gasteiger partial charge in [0.05, 0.1) is 23.7 Å². The van der Waals surface area contributed by atoms with Crippen molar-refractivity contribution in [1.82, 2.24) is 9.97 Å². The number of anilines is 1. The van der Waals surface area contributed by atoms with E-state index in [2.05, 4.69) is 15.3 Å². The molecule has 2 N–H and O–H groups in total. The average Bonchev–Trinajstić information content (AvgIpc) is 2.34. The Labute approximate surface area is 125 Å². The maximum absolute atomic E-state index is 11.9. The SMILES string of the molecule is CC(C)(C)OC(C=N)c1cnc(NC(=O)C(C)(C)C)cn1. The van der Waals surface area contributed by atoms with Crippen molar-refractivity contribution >= 4 is 17.9 Å². The predicted molar refractivity (Wildman–Crippen MR) is 82.5 cm³/mol. The average molecular weight is 292 g/mol. The first-order chi connectivity index (χ1) is 9.53. The molecule has 0 aliphatic rings. The maximum atomic E-state index is 11.9. The van der Waals surface area contributed by atoms with Gasteiger partial charge >= 0.3 is 0 Å². The monoisotopic (exact) mass is 292 g/mol. The summed E-state index contributed by atoms with van der Waals surface area (Å²) in [6.45, 7) is 11.2. The molecule has 21 heavy (non-hydrogen) atoms. The number of nitrogens with one attached hydrogen (secondary N) is 2. The fraction of sp³-hybridized carbons (Fsp3) is 0.600. The predicted octanol–water partition coefficient (Wildman–Crippen LogP) is 2.97. The molecule has 1 heterocycles. The first-order valence-corrected chi connectivity index (χ1v) is 6.85. The molecule has 0 radical (unpaired) electrons. The summed E-state index contributed by atoms with van der Waals surface area (Å²) in [7, 11) is 0. The van der Waals surface area contributed by atoms with E-state index in [4.69, 9.17) is 10.1 Å². The molecule has 0 saturated carbocycles. The minimum atomic E-state index is -0.551. The van der Waals surface area contributed by atoms with Crippen molar-refractivity contribution in [1.29, 1.82) is 5.41 Å². The Morgan fingerprint density at radius 1 is 1.24 bits per heavy atom. The summed E-state index contributed by atoms with van der Waals surface area (Å²) in [5, 5.41) is 10.1. The van der Waals surface area contributed by atoms with Crippen LogP contribution in [0.25, 0.3) is 0 Å². The van der Waals surface area contributed by atoms with Crippen LogP contribution in [0.4, 0.5) is 5.82 Å². The van der Waals surface area contributed by atoms with Crippen molar-refractivity contribution in [2.75, 3.05) is 5.32 Å². The van der Waals surface area contributed by atoms with E-state index < -0.39 is 11.5 Å². The number of carbonyl (C=O) groups is 1. The second-order valence-corrected chi connectivity index (χ2v) is 6.85. The van der Waals surface area contributed by atoms with Crippen molar-refractivity contribution < 1.29 is 9.53 Å². The van der Waals surface area contributed by atoms with Gasteiger partial charge in [-0.1, -0.05) is 20.8 Å². The molecule has 1 unspecified atom stereocenters. The van der Waals surface area contributed by atoms with E-state index in [9.17, 15) is 4.79 Å². The molecule has 0 saturated heterocycles. The number of ether oxygens (including phenoxy) is 1. The standard InChI is InChI=1S/C15H24N4O2/c1-14(2,3)13(20)19-12-9-17-10(8-18-12)11(7-16)21-15(4,5)6/h7-9,11,16H,1-6H3,(H,18,19,20). The Bertz CT molecular complexity index is 498. The third kappa shape index (κ3) is 5.59. The van der Waals surface area contributed by atoms with Crippen molar-refractivity contribution in [3.63, 3.8) is 0 Å². The smallest absolute Gasteiger partial charge is 0.230 e. The van der Waals surface area contributed by atoms with Crippen molar-refractivity contribution in [2.45, 2.75) is 53.2 Å². The van der Waals surface area contributed by atoms with Gasteiger partial charge < -0.3 is 15.5 Å². The zero-order valence-corrected chi connectivity index (χ0v) is 13.5. The highest BCUT2D eigenvalue weighted by molar-refractivity contribution is 5.93. The van der Waals surface area contributed by atoms with E-state index in [-0.39, 0.29) is 11.5 Å². The Morgan fingerprint density at radius 2 is 1.86 bits per heavy atom. The number of hydrogen-bond donors (Lipinski definition) is 2. The van der Waals surface area contributed by atoms with Gasteiger partial charge in [-0.15, -0.1) is 0 Å². The number of amides is 1. The lowest BCUT2D eigenvalue weighted by Gasteiger charge is -2.24. The molecule has 1 rings (SSSR count). The summed E-state index contributed by atoms with van der Waals surface area (Å²) in [5.74, 6) is 0.261. The fourth-order valence-electron chi connectivity index (χ4n) is 1.41. The van der Waals surface area contributed by atoms with Gasteiger partial charge in [-0.05, 0) is 20.8 Å². The Hall–Kier alpha value is -1.82. The van der Waals surface area contributed by atoms with Gasteiger partial charge in [0.15, 0.2) is 5.82 Å². The summed E-state index contributed by atoms with van der Waals surface area (Å²) >= 11 is 0. The van der Waals surface area contributed by atoms with Gasteiger partial charge in [-0.25, -0.2) is 4.98 Å². The van der Waals surface area contributed by atoms with E-state index in [0.717, 1.165) is 0 Å². The molecule has 1 aromatic heterocycles. The van der Waals surface area contributed by atoms with Crippen LogP contribution in [0.3, 0.4) is 0 Å². The summed E-state index contributed by atoms with van der Waals surface area (Å²) in [4.78, 5) is 20.2. The summed E-state index contributed by atoms with van der Waals surface area (Å²) < 4.78 is 5.72.